The Morgan fingerprint density at radius 2 is 2.40 bits per heavy atom. The molecule has 0 unspecified atom stereocenters. The van der Waals surface area contributed by atoms with Crippen LogP contribution in [0.25, 0.3) is 0 Å². The maximum absolute atomic E-state index is 5.38. The second kappa shape index (κ2) is 4.27. The molecule has 1 aromatic rings. The SMILES string of the molecule is Cc1ccncc1NC(=NC1CC1)NN. The fraction of sp³-hybridized carbons (Fsp3) is 0.400. The van der Waals surface area contributed by atoms with Crippen LogP contribution >= 0.6 is 0 Å². The molecule has 4 N–H and O–H groups in total. The minimum Gasteiger partial charge on any atom is -0.324 e. The van der Waals surface area contributed by atoms with Crippen LogP contribution in [0.2, 0.25) is 0 Å². The zero-order valence-corrected chi connectivity index (χ0v) is 8.70. The zero-order chi connectivity index (χ0) is 10.7. The number of pyridine rings is 1. The van der Waals surface area contributed by atoms with E-state index in [4.69, 9.17) is 5.84 Å². The van der Waals surface area contributed by atoms with Gasteiger partial charge in [-0.3, -0.25) is 10.4 Å². The van der Waals surface area contributed by atoms with Gasteiger partial charge in [-0.2, -0.15) is 0 Å². The molecule has 0 spiro atoms. The number of hydrogen-bond donors (Lipinski definition) is 3. The van der Waals surface area contributed by atoms with E-state index in [2.05, 4.69) is 20.7 Å². The topological polar surface area (TPSA) is 75.3 Å². The second-order valence-corrected chi connectivity index (χ2v) is 3.67. The maximum atomic E-state index is 5.38. The Labute approximate surface area is 88.8 Å². The summed E-state index contributed by atoms with van der Waals surface area (Å²) in [5.74, 6) is 5.99. The minimum atomic E-state index is 0.431. The third kappa shape index (κ3) is 2.66. The molecule has 0 saturated heterocycles. The van der Waals surface area contributed by atoms with Crippen LogP contribution in [0.4, 0.5) is 5.69 Å². The van der Waals surface area contributed by atoms with Crippen LogP contribution in [0.15, 0.2) is 23.5 Å². The van der Waals surface area contributed by atoms with E-state index in [1.807, 2.05) is 13.0 Å². The van der Waals surface area contributed by atoms with Gasteiger partial charge in [0.1, 0.15) is 0 Å². The first-order chi connectivity index (χ1) is 7.29. The van der Waals surface area contributed by atoms with Gasteiger partial charge in [0, 0.05) is 6.20 Å². The molecule has 80 valence electrons. The third-order valence-corrected chi connectivity index (χ3v) is 2.29. The molecular formula is C10H15N5. The molecule has 5 heteroatoms. The summed E-state index contributed by atoms with van der Waals surface area (Å²) >= 11 is 0. The molecule has 1 heterocycles. The average Bonchev–Trinajstić information content (AvgIpc) is 3.04. The first-order valence-electron chi connectivity index (χ1n) is 5.01. The van der Waals surface area contributed by atoms with Crippen LogP contribution in [0, 0.1) is 6.92 Å². The van der Waals surface area contributed by atoms with Crippen LogP contribution in [0.5, 0.6) is 0 Å². The predicted octanol–water partition coefficient (Wildman–Crippen LogP) is 0.784. The molecular weight excluding hydrogens is 190 g/mol. The number of aromatic nitrogens is 1. The smallest absolute Gasteiger partial charge is 0.210 e. The summed E-state index contributed by atoms with van der Waals surface area (Å²) in [7, 11) is 0. The van der Waals surface area contributed by atoms with E-state index >= 15 is 0 Å². The summed E-state index contributed by atoms with van der Waals surface area (Å²) in [5, 5.41) is 3.12. The van der Waals surface area contributed by atoms with Crippen molar-refractivity contribution in [2.24, 2.45) is 10.8 Å². The molecule has 1 aliphatic carbocycles. The van der Waals surface area contributed by atoms with Crippen LogP contribution in [-0.2, 0) is 0 Å². The number of rotatable bonds is 2. The summed E-state index contributed by atoms with van der Waals surface area (Å²) in [6.07, 6.45) is 5.82. The molecule has 1 saturated carbocycles. The Morgan fingerprint density at radius 3 is 3.00 bits per heavy atom. The van der Waals surface area contributed by atoms with Crippen molar-refractivity contribution < 1.29 is 0 Å². The van der Waals surface area contributed by atoms with Gasteiger partial charge in [0.15, 0.2) is 0 Å². The standard InChI is InChI=1S/C10H15N5/c1-7-4-5-12-6-9(7)14-10(15-11)13-8-2-3-8/h4-6,8H,2-3,11H2,1H3,(H2,13,14,15). The highest BCUT2D eigenvalue weighted by molar-refractivity contribution is 5.93. The lowest BCUT2D eigenvalue weighted by molar-refractivity contribution is 0.965. The molecule has 5 nitrogen and oxygen atoms in total. The third-order valence-electron chi connectivity index (χ3n) is 2.29. The van der Waals surface area contributed by atoms with Gasteiger partial charge in [-0.15, -0.1) is 0 Å². The lowest BCUT2D eigenvalue weighted by Gasteiger charge is -2.10. The van der Waals surface area contributed by atoms with Crippen molar-refractivity contribution in [2.45, 2.75) is 25.8 Å². The van der Waals surface area contributed by atoms with E-state index < -0.39 is 0 Å². The Hall–Kier alpha value is -1.62. The monoisotopic (exact) mass is 205 g/mol. The van der Waals surface area contributed by atoms with Crippen molar-refractivity contribution >= 4 is 11.6 Å². The van der Waals surface area contributed by atoms with Gasteiger partial charge in [0.2, 0.25) is 5.96 Å². The molecule has 0 atom stereocenters. The summed E-state index contributed by atoms with van der Waals surface area (Å²) in [4.78, 5) is 8.43. The van der Waals surface area contributed by atoms with E-state index in [0.29, 0.717) is 12.0 Å². The number of nitrogens with zero attached hydrogens (tertiary/aromatic N) is 2. The van der Waals surface area contributed by atoms with Gasteiger partial charge in [0.25, 0.3) is 0 Å². The highest BCUT2D eigenvalue weighted by Gasteiger charge is 2.21. The second-order valence-electron chi connectivity index (χ2n) is 3.67. The fourth-order valence-corrected chi connectivity index (χ4v) is 1.21. The number of hydrazine groups is 1. The number of aryl methyl sites for hydroxylation is 1. The Kier molecular flexibility index (Phi) is 2.82. The molecule has 0 radical (unpaired) electrons. The highest BCUT2D eigenvalue weighted by atomic mass is 15.3. The number of anilines is 1. The Morgan fingerprint density at radius 1 is 1.60 bits per heavy atom. The van der Waals surface area contributed by atoms with E-state index in [1.165, 1.54) is 0 Å². The van der Waals surface area contributed by atoms with Crippen molar-refractivity contribution in [3.05, 3.63) is 24.0 Å². The van der Waals surface area contributed by atoms with Crippen LogP contribution in [0.3, 0.4) is 0 Å². The molecule has 15 heavy (non-hydrogen) atoms. The van der Waals surface area contributed by atoms with Gasteiger partial charge in [-0.25, -0.2) is 10.8 Å². The van der Waals surface area contributed by atoms with E-state index in [1.54, 1.807) is 12.4 Å². The molecule has 0 aliphatic heterocycles. The van der Waals surface area contributed by atoms with Crippen molar-refractivity contribution in [1.29, 1.82) is 0 Å². The molecule has 1 aliphatic rings. The van der Waals surface area contributed by atoms with Gasteiger partial charge in [-0.05, 0) is 31.4 Å². The van der Waals surface area contributed by atoms with Crippen LogP contribution in [-0.4, -0.2) is 17.0 Å². The van der Waals surface area contributed by atoms with Crippen LogP contribution in [0.1, 0.15) is 18.4 Å². The number of aliphatic imine (C=N–C) groups is 1. The van der Waals surface area contributed by atoms with Gasteiger partial charge < -0.3 is 5.32 Å². The quantitative estimate of drug-likeness (QED) is 0.289. The molecule has 0 aromatic carbocycles. The summed E-state index contributed by atoms with van der Waals surface area (Å²) < 4.78 is 0. The highest BCUT2D eigenvalue weighted by Crippen LogP contribution is 2.23. The number of hydrogen-bond acceptors (Lipinski definition) is 3. The molecule has 0 bridgehead atoms. The van der Waals surface area contributed by atoms with E-state index in [0.717, 1.165) is 24.1 Å². The molecule has 0 amide bonds. The number of nitrogens with two attached hydrogens (primary N) is 1. The molecule has 2 rings (SSSR count). The van der Waals surface area contributed by atoms with Crippen molar-refractivity contribution in [2.75, 3.05) is 5.32 Å². The average molecular weight is 205 g/mol. The van der Waals surface area contributed by atoms with Crippen molar-refractivity contribution in [3.8, 4) is 0 Å². The van der Waals surface area contributed by atoms with E-state index in [9.17, 15) is 0 Å². The summed E-state index contributed by atoms with van der Waals surface area (Å²) in [6.45, 7) is 2.01. The largest absolute Gasteiger partial charge is 0.324 e. The molecule has 1 aromatic heterocycles. The lowest BCUT2D eigenvalue weighted by Crippen LogP contribution is -2.36. The summed E-state index contributed by atoms with van der Waals surface area (Å²) in [6, 6.07) is 2.37. The van der Waals surface area contributed by atoms with Crippen molar-refractivity contribution in [1.82, 2.24) is 10.4 Å². The maximum Gasteiger partial charge on any atom is 0.210 e. The van der Waals surface area contributed by atoms with Crippen molar-refractivity contribution in [3.63, 3.8) is 0 Å². The van der Waals surface area contributed by atoms with Gasteiger partial charge >= 0.3 is 0 Å². The Bertz CT molecular complexity index is 370. The number of nitrogens with one attached hydrogen (secondary N) is 2. The van der Waals surface area contributed by atoms with Crippen LogP contribution < -0.4 is 16.6 Å². The lowest BCUT2D eigenvalue weighted by atomic mass is 10.2. The normalized spacial score (nSPS) is 16.3. The molecule has 1 fully saturated rings. The zero-order valence-electron chi connectivity index (χ0n) is 8.70. The first-order valence-corrected chi connectivity index (χ1v) is 5.01. The van der Waals surface area contributed by atoms with Gasteiger partial charge in [0.05, 0.1) is 17.9 Å². The van der Waals surface area contributed by atoms with Gasteiger partial charge in [-0.1, -0.05) is 0 Å². The first kappa shape index (κ1) is 9.92. The fourth-order valence-electron chi connectivity index (χ4n) is 1.21. The summed E-state index contributed by atoms with van der Waals surface area (Å²) in [5.41, 5.74) is 4.60. The van der Waals surface area contributed by atoms with E-state index in [-0.39, 0.29) is 0 Å². The predicted molar refractivity (Wildman–Crippen MR) is 60.4 cm³/mol. The Balaban J connectivity index is 2.09. The minimum absolute atomic E-state index is 0.431. The number of guanidine groups is 1.